The molecule has 1 aliphatic carbocycles. The molecular formula is C12H16O2. The normalized spacial score (nSPS) is 19.9. The number of rotatable bonds is 2. The van der Waals surface area contributed by atoms with Gasteiger partial charge in [0, 0.05) is 0 Å². The van der Waals surface area contributed by atoms with Gasteiger partial charge in [-0.25, -0.2) is 0 Å². The van der Waals surface area contributed by atoms with Crippen LogP contribution in [0.25, 0.3) is 0 Å². The Morgan fingerprint density at radius 3 is 2.43 bits per heavy atom. The molecule has 2 N–H and O–H groups in total. The zero-order valence-corrected chi connectivity index (χ0v) is 8.24. The lowest BCUT2D eigenvalue weighted by Crippen LogP contribution is -2.22. The summed E-state index contributed by atoms with van der Waals surface area (Å²) in [5.41, 5.74) is 1.09. The van der Waals surface area contributed by atoms with Crippen molar-refractivity contribution in [3.05, 3.63) is 35.4 Å². The van der Waals surface area contributed by atoms with Crippen LogP contribution < -0.4 is 0 Å². The Morgan fingerprint density at radius 1 is 1.14 bits per heavy atom. The predicted octanol–water partition coefficient (Wildman–Crippen LogP) is 1.94. The van der Waals surface area contributed by atoms with Crippen LogP contribution in [-0.4, -0.2) is 10.2 Å². The topological polar surface area (TPSA) is 40.5 Å². The van der Waals surface area contributed by atoms with Crippen molar-refractivity contribution in [1.29, 1.82) is 0 Å². The van der Waals surface area contributed by atoms with Gasteiger partial charge in [-0.3, -0.25) is 0 Å². The Labute approximate surface area is 84.2 Å². The number of aliphatic hydroxyl groups excluding tert-OH is 1. The molecule has 14 heavy (non-hydrogen) atoms. The summed E-state index contributed by atoms with van der Waals surface area (Å²) in [4.78, 5) is 0. The Balaban J connectivity index is 2.39. The first-order valence-electron chi connectivity index (χ1n) is 5.18. The summed E-state index contributed by atoms with van der Waals surface area (Å²) in [6.45, 7) is 0.0124. The van der Waals surface area contributed by atoms with Crippen LogP contribution in [-0.2, 0) is 12.2 Å². The van der Waals surface area contributed by atoms with Gasteiger partial charge in [-0.2, -0.15) is 0 Å². The highest BCUT2D eigenvalue weighted by Gasteiger charge is 2.34. The van der Waals surface area contributed by atoms with E-state index in [4.69, 9.17) is 0 Å². The van der Waals surface area contributed by atoms with E-state index in [1.165, 1.54) is 0 Å². The third kappa shape index (κ3) is 1.56. The minimum atomic E-state index is -0.681. The second-order valence-electron chi connectivity index (χ2n) is 4.05. The second-order valence-corrected chi connectivity index (χ2v) is 4.05. The van der Waals surface area contributed by atoms with Crippen LogP contribution in [0.3, 0.4) is 0 Å². The van der Waals surface area contributed by atoms with Crippen molar-refractivity contribution in [2.24, 2.45) is 0 Å². The maximum atomic E-state index is 10.4. The van der Waals surface area contributed by atoms with E-state index in [-0.39, 0.29) is 6.61 Å². The van der Waals surface area contributed by atoms with E-state index < -0.39 is 5.60 Å². The van der Waals surface area contributed by atoms with E-state index >= 15 is 0 Å². The van der Waals surface area contributed by atoms with Gasteiger partial charge in [0.1, 0.15) is 0 Å². The van der Waals surface area contributed by atoms with E-state index in [2.05, 4.69) is 0 Å². The molecule has 2 nitrogen and oxygen atoms in total. The fraction of sp³-hybridized carbons (Fsp3) is 0.500. The van der Waals surface area contributed by atoms with Crippen molar-refractivity contribution in [3.63, 3.8) is 0 Å². The molecule has 0 bridgehead atoms. The molecule has 1 aromatic rings. The van der Waals surface area contributed by atoms with Crippen LogP contribution in [0.2, 0.25) is 0 Å². The third-order valence-electron chi connectivity index (χ3n) is 3.12. The van der Waals surface area contributed by atoms with Gasteiger partial charge >= 0.3 is 0 Å². The second kappa shape index (κ2) is 3.71. The molecule has 0 unspecified atom stereocenters. The molecule has 0 saturated heterocycles. The Morgan fingerprint density at radius 2 is 1.79 bits per heavy atom. The molecule has 1 aromatic carbocycles. The highest BCUT2D eigenvalue weighted by molar-refractivity contribution is 5.32. The molecule has 1 aliphatic rings. The van der Waals surface area contributed by atoms with Crippen molar-refractivity contribution in [2.75, 3.05) is 0 Å². The van der Waals surface area contributed by atoms with Crippen molar-refractivity contribution < 1.29 is 10.2 Å². The van der Waals surface area contributed by atoms with E-state index in [0.717, 1.165) is 36.8 Å². The molecule has 2 rings (SSSR count). The summed E-state index contributed by atoms with van der Waals surface area (Å²) in [7, 11) is 0. The van der Waals surface area contributed by atoms with E-state index in [9.17, 15) is 10.2 Å². The monoisotopic (exact) mass is 192 g/mol. The van der Waals surface area contributed by atoms with Gasteiger partial charge in [0.05, 0.1) is 12.2 Å². The predicted molar refractivity (Wildman–Crippen MR) is 54.7 cm³/mol. The van der Waals surface area contributed by atoms with E-state index in [1.54, 1.807) is 0 Å². The molecule has 1 fully saturated rings. The summed E-state index contributed by atoms with van der Waals surface area (Å²) in [6.07, 6.45) is 3.81. The maximum absolute atomic E-state index is 10.4. The van der Waals surface area contributed by atoms with Crippen LogP contribution in [0.5, 0.6) is 0 Å². The molecule has 0 aromatic heterocycles. The summed E-state index contributed by atoms with van der Waals surface area (Å²) in [5.74, 6) is 0. The van der Waals surface area contributed by atoms with Gasteiger partial charge in [0.25, 0.3) is 0 Å². The first-order chi connectivity index (χ1) is 6.76. The molecule has 0 atom stereocenters. The number of aliphatic hydroxyl groups is 2. The van der Waals surface area contributed by atoms with Crippen molar-refractivity contribution in [1.82, 2.24) is 0 Å². The lowest BCUT2D eigenvalue weighted by Gasteiger charge is -2.25. The molecule has 0 amide bonds. The van der Waals surface area contributed by atoms with Crippen molar-refractivity contribution >= 4 is 0 Å². The standard InChI is InChI=1S/C12H16O2/c13-9-10-5-1-2-6-11(10)12(14)7-3-4-8-12/h1-2,5-6,13-14H,3-4,7-9H2. The molecule has 0 spiro atoms. The lowest BCUT2D eigenvalue weighted by molar-refractivity contribution is 0.0423. The van der Waals surface area contributed by atoms with Gasteiger partial charge < -0.3 is 10.2 Å². The molecule has 1 saturated carbocycles. The first-order valence-corrected chi connectivity index (χ1v) is 5.18. The first kappa shape index (κ1) is 9.69. The number of hydrogen-bond acceptors (Lipinski definition) is 2. The van der Waals surface area contributed by atoms with E-state index in [1.807, 2.05) is 24.3 Å². The lowest BCUT2D eigenvalue weighted by atomic mass is 9.88. The van der Waals surface area contributed by atoms with Crippen LogP contribution in [0.15, 0.2) is 24.3 Å². The Bertz CT molecular complexity index is 314. The van der Waals surface area contributed by atoms with Crippen LogP contribution in [0, 0.1) is 0 Å². The van der Waals surface area contributed by atoms with Crippen LogP contribution in [0.4, 0.5) is 0 Å². The zero-order chi connectivity index (χ0) is 10.0. The highest BCUT2D eigenvalue weighted by atomic mass is 16.3. The number of hydrogen-bond donors (Lipinski definition) is 2. The molecule has 0 heterocycles. The quantitative estimate of drug-likeness (QED) is 0.751. The fourth-order valence-corrected chi connectivity index (χ4v) is 2.34. The van der Waals surface area contributed by atoms with Gasteiger partial charge in [-0.05, 0) is 24.0 Å². The van der Waals surface area contributed by atoms with Gasteiger partial charge in [-0.1, -0.05) is 37.1 Å². The van der Waals surface area contributed by atoms with Gasteiger partial charge in [0.2, 0.25) is 0 Å². The average molecular weight is 192 g/mol. The average Bonchev–Trinajstić information content (AvgIpc) is 2.66. The van der Waals surface area contributed by atoms with Crippen LogP contribution >= 0.6 is 0 Å². The fourth-order valence-electron chi connectivity index (χ4n) is 2.34. The SMILES string of the molecule is OCc1ccccc1C1(O)CCCC1. The van der Waals surface area contributed by atoms with Gasteiger partial charge in [0.15, 0.2) is 0 Å². The molecule has 0 aliphatic heterocycles. The molecule has 2 heteroatoms. The zero-order valence-electron chi connectivity index (χ0n) is 8.24. The summed E-state index contributed by atoms with van der Waals surface area (Å²) in [6, 6.07) is 7.63. The Hall–Kier alpha value is -0.860. The van der Waals surface area contributed by atoms with Gasteiger partial charge in [-0.15, -0.1) is 0 Å². The van der Waals surface area contributed by atoms with Crippen LogP contribution in [0.1, 0.15) is 36.8 Å². The van der Waals surface area contributed by atoms with Crippen molar-refractivity contribution in [3.8, 4) is 0 Å². The minimum Gasteiger partial charge on any atom is -0.392 e. The van der Waals surface area contributed by atoms with Crippen molar-refractivity contribution in [2.45, 2.75) is 37.9 Å². The molecule has 76 valence electrons. The summed E-state index contributed by atoms with van der Waals surface area (Å²) in [5, 5.41) is 19.5. The smallest absolute Gasteiger partial charge is 0.0900 e. The largest absolute Gasteiger partial charge is 0.392 e. The van der Waals surface area contributed by atoms with E-state index in [0.29, 0.717) is 0 Å². The highest BCUT2D eigenvalue weighted by Crippen LogP contribution is 2.39. The third-order valence-corrected chi connectivity index (χ3v) is 3.12. The summed E-state index contributed by atoms with van der Waals surface area (Å²) < 4.78 is 0. The maximum Gasteiger partial charge on any atom is 0.0900 e. The summed E-state index contributed by atoms with van der Waals surface area (Å²) >= 11 is 0. The number of benzene rings is 1. The Kier molecular flexibility index (Phi) is 2.57. The molecular weight excluding hydrogens is 176 g/mol. The minimum absolute atomic E-state index is 0.0124. The molecule has 0 radical (unpaired) electrons.